The van der Waals surface area contributed by atoms with Crippen molar-refractivity contribution in [2.24, 2.45) is 0 Å². The van der Waals surface area contributed by atoms with Gasteiger partial charge >= 0.3 is 0 Å². The molecule has 1 aliphatic heterocycles. The Balaban J connectivity index is 1.78. The van der Waals surface area contributed by atoms with Crippen molar-refractivity contribution in [3.05, 3.63) is 36.3 Å². The number of sulfonamides is 1. The molecule has 0 aromatic carbocycles. The quantitative estimate of drug-likeness (QED) is 0.782. The van der Waals surface area contributed by atoms with Gasteiger partial charge in [0.1, 0.15) is 0 Å². The molecule has 0 amide bonds. The van der Waals surface area contributed by atoms with Crippen molar-refractivity contribution in [1.29, 1.82) is 5.26 Å². The topological polar surface area (TPSA) is 103 Å². The highest BCUT2D eigenvalue weighted by molar-refractivity contribution is 7.89. The maximum Gasteiger partial charge on any atom is 0.227 e. The lowest BCUT2D eigenvalue weighted by atomic mass is 9.94. The smallest absolute Gasteiger partial charge is 0.227 e. The Morgan fingerprint density at radius 2 is 2.25 bits per heavy atom. The summed E-state index contributed by atoms with van der Waals surface area (Å²) < 4.78 is 25.7. The highest BCUT2D eigenvalue weighted by Gasteiger charge is 2.32. The van der Waals surface area contributed by atoms with Crippen molar-refractivity contribution in [2.75, 3.05) is 18.8 Å². The third-order valence-corrected chi connectivity index (χ3v) is 6.17. The summed E-state index contributed by atoms with van der Waals surface area (Å²) in [5.74, 6) is -0.375. The number of H-pyrrole nitrogens is 1. The monoisotopic (exact) mass is 341 g/mol. The van der Waals surface area contributed by atoms with Gasteiger partial charge in [-0.15, -0.1) is 0 Å². The fourth-order valence-electron chi connectivity index (χ4n) is 3.43. The van der Waals surface area contributed by atoms with E-state index in [1.165, 1.54) is 4.31 Å². The second kappa shape index (κ2) is 5.54. The zero-order valence-corrected chi connectivity index (χ0v) is 13.6. The Morgan fingerprint density at radius 3 is 3.08 bits per heavy atom. The molecule has 3 aromatic heterocycles. The minimum atomic E-state index is -3.50. The molecule has 3 aromatic rings. The van der Waals surface area contributed by atoms with Crippen LogP contribution >= 0.6 is 0 Å². The van der Waals surface area contributed by atoms with Crippen molar-refractivity contribution >= 4 is 32.0 Å². The minimum Gasteiger partial charge on any atom is -0.360 e. The first-order chi connectivity index (χ1) is 11.6. The molecule has 1 saturated heterocycles. The maximum atomic E-state index is 12.1. The number of aromatic nitrogens is 3. The number of hydrogen-bond acceptors (Lipinski definition) is 5. The summed E-state index contributed by atoms with van der Waals surface area (Å²) in [6, 6.07) is 5.67. The molecule has 8 heteroatoms. The van der Waals surface area contributed by atoms with Crippen LogP contribution in [0.4, 0.5) is 0 Å². The van der Waals surface area contributed by atoms with E-state index in [0.717, 1.165) is 28.3 Å². The minimum absolute atomic E-state index is 0.0936. The van der Waals surface area contributed by atoms with Crippen LogP contribution in [-0.2, 0) is 10.0 Å². The molecule has 122 valence electrons. The van der Waals surface area contributed by atoms with Crippen molar-refractivity contribution in [3.8, 4) is 6.07 Å². The van der Waals surface area contributed by atoms with Crippen LogP contribution in [0.3, 0.4) is 0 Å². The number of aromatic amines is 1. The van der Waals surface area contributed by atoms with Gasteiger partial charge in [0.15, 0.2) is 11.4 Å². The fourth-order valence-corrected chi connectivity index (χ4v) is 4.57. The summed E-state index contributed by atoms with van der Waals surface area (Å²) >= 11 is 0. The summed E-state index contributed by atoms with van der Waals surface area (Å²) in [6.45, 7) is 0.851. The summed E-state index contributed by atoms with van der Waals surface area (Å²) in [5, 5.41) is 10.7. The van der Waals surface area contributed by atoms with Crippen LogP contribution in [0.1, 0.15) is 17.9 Å². The van der Waals surface area contributed by atoms with Gasteiger partial charge in [0, 0.05) is 36.3 Å². The zero-order chi connectivity index (χ0) is 16.7. The number of rotatable bonds is 3. The van der Waals surface area contributed by atoms with Gasteiger partial charge in [-0.05, 0) is 30.0 Å². The molecule has 24 heavy (non-hydrogen) atoms. The normalized spacial score (nSPS) is 19.0. The highest BCUT2D eigenvalue weighted by Crippen LogP contribution is 2.35. The predicted molar refractivity (Wildman–Crippen MR) is 89.7 cm³/mol. The molecule has 1 fully saturated rings. The number of pyridine rings is 2. The lowest BCUT2D eigenvalue weighted by molar-refractivity contribution is 0.476. The van der Waals surface area contributed by atoms with Gasteiger partial charge in [-0.1, -0.05) is 0 Å². The van der Waals surface area contributed by atoms with Crippen LogP contribution in [0.25, 0.3) is 21.9 Å². The molecule has 0 spiro atoms. The Kier molecular flexibility index (Phi) is 3.48. The van der Waals surface area contributed by atoms with E-state index in [9.17, 15) is 8.42 Å². The van der Waals surface area contributed by atoms with Crippen molar-refractivity contribution < 1.29 is 8.42 Å². The molecule has 0 unspecified atom stereocenters. The molecule has 0 saturated carbocycles. The van der Waals surface area contributed by atoms with E-state index in [-0.39, 0.29) is 5.92 Å². The SMILES string of the molecule is N#CCS(=O)(=O)N1CC[C@H](c2cc[nH]c3cnc4nccc4c23)C1. The van der Waals surface area contributed by atoms with Crippen LogP contribution in [0, 0.1) is 11.3 Å². The van der Waals surface area contributed by atoms with E-state index in [1.54, 1.807) is 18.5 Å². The highest BCUT2D eigenvalue weighted by atomic mass is 32.2. The number of hydrogen-bond donors (Lipinski definition) is 1. The lowest BCUT2D eigenvalue weighted by Gasteiger charge is -2.16. The largest absolute Gasteiger partial charge is 0.360 e. The van der Waals surface area contributed by atoms with Crippen molar-refractivity contribution in [3.63, 3.8) is 0 Å². The molecule has 1 atom stereocenters. The second-order valence-corrected chi connectivity index (χ2v) is 7.89. The van der Waals surface area contributed by atoms with E-state index < -0.39 is 15.8 Å². The molecular formula is C16H15N5O2S. The van der Waals surface area contributed by atoms with Gasteiger partial charge < -0.3 is 4.98 Å². The van der Waals surface area contributed by atoms with E-state index >= 15 is 0 Å². The number of nitriles is 1. The van der Waals surface area contributed by atoms with E-state index in [2.05, 4.69) is 15.0 Å². The predicted octanol–water partition coefficient (Wildman–Crippen LogP) is 1.75. The summed E-state index contributed by atoms with van der Waals surface area (Å²) in [6.07, 6.45) is 6.08. The van der Waals surface area contributed by atoms with Crippen molar-refractivity contribution in [2.45, 2.75) is 12.3 Å². The Hall–Kier alpha value is -2.50. The van der Waals surface area contributed by atoms with E-state index in [1.807, 2.05) is 18.3 Å². The summed E-state index contributed by atoms with van der Waals surface area (Å²) in [7, 11) is -3.50. The van der Waals surface area contributed by atoms with E-state index in [4.69, 9.17) is 5.26 Å². The maximum absolute atomic E-state index is 12.1. The zero-order valence-electron chi connectivity index (χ0n) is 12.8. The Labute approximate surface area is 139 Å². The molecule has 4 heterocycles. The van der Waals surface area contributed by atoms with Crippen LogP contribution in [0.5, 0.6) is 0 Å². The summed E-state index contributed by atoms with van der Waals surface area (Å²) in [5.41, 5.74) is 2.69. The van der Waals surface area contributed by atoms with Crippen LogP contribution in [-0.4, -0.2) is 46.5 Å². The van der Waals surface area contributed by atoms with Crippen LogP contribution in [0.2, 0.25) is 0 Å². The van der Waals surface area contributed by atoms with Gasteiger partial charge in [0.05, 0.1) is 17.8 Å². The molecule has 0 bridgehead atoms. The standard InChI is InChI=1S/C16H15N5O2S/c17-4-8-24(22,23)21-7-3-11(10-21)12-1-5-18-14-9-20-16-13(15(12)14)2-6-19-16/h1-2,5-6,9,11,18H,3,7-8,10H2/t11-/m0/s1. The first-order valence-corrected chi connectivity index (χ1v) is 9.26. The second-order valence-electron chi connectivity index (χ2n) is 5.92. The molecule has 7 nitrogen and oxygen atoms in total. The van der Waals surface area contributed by atoms with Crippen LogP contribution in [0.15, 0.2) is 30.7 Å². The fraction of sp³-hybridized carbons (Fsp3) is 0.312. The molecule has 0 radical (unpaired) electrons. The third-order valence-electron chi connectivity index (χ3n) is 4.56. The van der Waals surface area contributed by atoms with Gasteiger partial charge in [-0.25, -0.2) is 22.7 Å². The molecule has 1 N–H and O–H groups in total. The molecule has 1 aliphatic rings. The lowest BCUT2D eigenvalue weighted by Crippen LogP contribution is -2.30. The first-order valence-electron chi connectivity index (χ1n) is 7.65. The van der Waals surface area contributed by atoms with Crippen molar-refractivity contribution in [1.82, 2.24) is 19.3 Å². The Morgan fingerprint density at radius 1 is 1.38 bits per heavy atom. The number of nitrogens with zero attached hydrogens (tertiary/aromatic N) is 4. The van der Waals surface area contributed by atoms with Gasteiger partial charge in [0.2, 0.25) is 10.0 Å². The first kappa shape index (κ1) is 15.1. The Bertz CT molecular complexity index is 1070. The van der Waals surface area contributed by atoms with Gasteiger partial charge in [-0.3, -0.25) is 0 Å². The van der Waals surface area contributed by atoms with E-state index in [0.29, 0.717) is 18.7 Å². The number of fused-ring (bicyclic) bond motifs is 3. The van der Waals surface area contributed by atoms with Gasteiger partial charge in [0.25, 0.3) is 0 Å². The summed E-state index contributed by atoms with van der Waals surface area (Å²) in [4.78, 5) is 11.8. The number of nitrogens with one attached hydrogen (secondary N) is 1. The molecular weight excluding hydrogens is 326 g/mol. The van der Waals surface area contributed by atoms with Gasteiger partial charge in [-0.2, -0.15) is 5.26 Å². The molecule has 4 rings (SSSR count). The molecule has 0 aliphatic carbocycles. The average molecular weight is 341 g/mol. The third kappa shape index (κ3) is 2.33. The average Bonchev–Trinajstić information content (AvgIpc) is 3.23. The van der Waals surface area contributed by atoms with Crippen LogP contribution < -0.4 is 0 Å².